The van der Waals surface area contributed by atoms with Crippen LogP contribution in [0.4, 0.5) is 0 Å². The Bertz CT molecular complexity index is 682. The Labute approximate surface area is 112 Å². The van der Waals surface area contributed by atoms with Crippen molar-refractivity contribution in [3.63, 3.8) is 0 Å². The maximum atomic E-state index is 10.9. The van der Waals surface area contributed by atoms with Crippen molar-refractivity contribution < 1.29 is 14.6 Å². The van der Waals surface area contributed by atoms with Crippen LogP contribution in [0.25, 0.3) is 0 Å². The van der Waals surface area contributed by atoms with Crippen LogP contribution in [0.3, 0.4) is 0 Å². The summed E-state index contributed by atoms with van der Waals surface area (Å²) >= 11 is 5.74. The molecule has 0 aliphatic carbocycles. The fourth-order valence-corrected chi connectivity index (χ4v) is 1.52. The Balaban J connectivity index is 2.37. The number of nitriles is 1. The third kappa shape index (κ3) is 2.78. The molecule has 0 aliphatic rings. The summed E-state index contributed by atoms with van der Waals surface area (Å²) in [5.74, 6) is -0.961. The fraction of sp³-hybridized carbons (Fsp3) is 0. The maximum absolute atomic E-state index is 10.9. The number of halogens is 1. The summed E-state index contributed by atoms with van der Waals surface area (Å²) < 4.78 is 5.33. The first-order valence-electron chi connectivity index (χ1n) is 5.03. The van der Waals surface area contributed by atoms with E-state index < -0.39 is 5.97 Å². The second-order valence-corrected chi connectivity index (χ2v) is 3.78. The number of rotatable bonds is 3. The molecule has 7 heteroatoms. The molecule has 1 heterocycles. The van der Waals surface area contributed by atoms with E-state index in [1.54, 1.807) is 0 Å². The van der Waals surface area contributed by atoms with Gasteiger partial charge in [-0.25, -0.2) is 14.8 Å². The number of carboxylic acids is 1. The molecule has 2 aromatic rings. The van der Waals surface area contributed by atoms with E-state index in [-0.39, 0.29) is 27.9 Å². The Kier molecular flexibility index (Phi) is 3.59. The van der Waals surface area contributed by atoms with Gasteiger partial charge in [0.15, 0.2) is 0 Å². The Morgan fingerprint density at radius 2 is 2.11 bits per heavy atom. The summed E-state index contributed by atoms with van der Waals surface area (Å²) in [7, 11) is 0. The summed E-state index contributed by atoms with van der Waals surface area (Å²) in [6, 6.07) is 5.94. The molecule has 0 aliphatic heterocycles. The molecule has 0 atom stereocenters. The quantitative estimate of drug-likeness (QED) is 0.924. The third-order valence-electron chi connectivity index (χ3n) is 2.15. The van der Waals surface area contributed by atoms with Crippen molar-refractivity contribution in [2.45, 2.75) is 0 Å². The number of aromatic carboxylic acids is 1. The third-order valence-corrected chi connectivity index (χ3v) is 2.48. The minimum absolute atomic E-state index is 0.00339. The molecule has 2 rings (SSSR count). The first-order valence-corrected chi connectivity index (χ1v) is 5.41. The normalized spacial score (nSPS) is 9.68. The molecular weight excluding hydrogens is 270 g/mol. The average molecular weight is 276 g/mol. The van der Waals surface area contributed by atoms with Crippen molar-refractivity contribution in [1.29, 1.82) is 5.26 Å². The fourth-order valence-electron chi connectivity index (χ4n) is 1.32. The summed E-state index contributed by atoms with van der Waals surface area (Å²) in [4.78, 5) is 18.6. The van der Waals surface area contributed by atoms with Crippen molar-refractivity contribution in [3.05, 3.63) is 46.9 Å². The zero-order chi connectivity index (χ0) is 13.8. The molecule has 94 valence electrons. The summed E-state index contributed by atoms with van der Waals surface area (Å²) in [5, 5.41) is 17.9. The molecule has 0 saturated carbocycles. The molecule has 1 aromatic carbocycles. The monoisotopic (exact) mass is 275 g/mol. The van der Waals surface area contributed by atoms with Crippen LogP contribution in [0.5, 0.6) is 11.6 Å². The van der Waals surface area contributed by atoms with Gasteiger partial charge < -0.3 is 9.84 Å². The van der Waals surface area contributed by atoms with Crippen molar-refractivity contribution in [1.82, 2.24) is 9.97 Å². The first-order chi connectivity index (χ1) is 9.11. The van der Waals surface area contributed by atoms with Gasteiger partial charge in [0.2, 0.25) is 5.69 Å². The average Bonchev–Trinajstić information content (AvgIpc) is 2.41. The molecule has 6 nitrogen and oxygen atoms in total. The van der Waals surface area contributed by atoms with Gasteiger partial charge in [0, 0.05) is 12.4 Å². The van der Waals surface area contributed by atoms with Gasteiger partial charge in [0.25, 0.3) is 5.88 Å². The lowest BCUT2D eigenvalue weighted by atomic mass is 10.2. The van der Waals surface area contributed by atoms with Crippen molar-refractivity contribution >= 4 is 17.6 Å². The topological polar surface area (TPSA) is 96.1 Å². The summed E-state index contributed by atoms with van der Waals surface area (Å²) in [6.45, 7) is 0. The number of carbonyl (C=O) groups is 1. The number of ether oxygens (including phenoxy) is 1. The number of benzene rings is 1. The predicted octanol–water partition coefficient (Wildman–Crippen LogP) is 2.49. The van der Waals surface area contributed by atoms with E-state index in [1.807, 2.05) is 6.07 Å². The standard InChI is InChI=1S/C12H6ClN3O3/c13-9-2-1-7(5-8(9)12(17)18)19-11-10(6-14)15-3-4-16-11/h1-5H,(H,17,18). The maximum Gasteiger partial charge on any atom is 0.337 e. The Morgan fingerprint density at radius 3 is 2.79 bits per heavy atom. The zero-order valence-corrected chi connectivity index (χ0v) is 10.1. The number of aromatic nitrogens is 2. The SMILES string of the molecule is N#Cc1nccnc1Oc1ccc(Cl)c(C(=O)O)c1. The molecule has 0 saturated heterocycles. The van der Waals surface area contributed by atoms with Gasteiger partial charge in [-0.2, -0.15) is 5.26 Å². The van der Waals surface area contributed by atoms with Crippen LogP contribution in [-0.2, 0) is 0 Å². The molecule has 0 fully saturated rings. The molecule has 0 unspecified atom stereocenters. The number of hydrogen-bond acceptors (Lipinski definition) is 5. The van der Waals surface area contributed by atoms with Gasteiger partial charge in [-0.15, -0.1) is 0 Å². The molecule has 19 heavy (non-hydrogen) atoms. The molecular formula is C12H6ClN3O3. The second-order valence-electron chi connectivity index (χ2n) is 3.37. The Hall–Kier alpha value is -2.65. The molecule has 0 bridgehead atoms. The van der Waals surface area contributed by atoms with Crippen molar-refractivity contribution in [2.24, 2.45) is 0 Å². The van der Waals surface area contributed by atoms with Gasteiger partial charge in [0.1, 0.15) is 11.8 Å². The zero-order valence-electron chi connectivity index (χ0n) is 9.37. The van der Waals surface area contributed by atoms with Crippen LogP contribution < -0.4 is 4.74 Å². The van der Waals surface area contributed by atoms with Gasteiger partial charge in [0.05, 0.1) is 10.6 Å². The summed E-state index contributed by atoms with van der Waals surface area (Å²) in [5.41, 5.74) is -0.0871. The highest BCUT2D eigenvalue weighted by atomic mass is 35.5. The van der Waals surface area contributed by atoms with E-state index in [9.17, 15) is 4.79 Å². The van der Waals surface area contributed by atoms with Gasteiger partial charge in [-0.1, -0.05) is 11.6 Å². The van der Waals surface area contributed by atoms with E-state index in [0.29, 0.717) is 0 Å². The van der Waals surface area contributed by atoms with E-state index in [2.05, 4.69) is 9.97 Å². The summed E-state index contributed by atoms with van der Waals surface area (Å²) in [6.07, 6.45) is 2.72. The van der Waals surface area contributed by atoms with E-state index in [4.69, 9.17) is 26.7 Å². The van der Waals surface area contributed by atoms with Crippen LogP contribution >= 0.6 is 11.6 Å². The molecule has 0 radical (unpaired) electrons. The highest BCUT2D eigenvalue weighted by molar-refractivity contribution is 6.33. The van der Waals surface area contributed by atoms with E-state index in [1.165, 1.54) is 30.6 Å². The van der Waals surface area contributed by atoms with Gasteiger partial charge >= 0.3 is 5.97 Å². The Morgan fingerprint density at radius 1 is 1.37 bits per heavy atom. The van der Waals surface area contributed by atoms with Gasteiger partial charge in [-0.3, -0.25) is 0 Å². The van der Waals surface area contributed by atoms with Crippen LogP contribution in [0.1, 0.15) is 16.1 Å². The lowest BCUT2D eigenvalue weighted by Crippen LogP contribution is -1.99. The van der Waals surface area contributed by atoms with E-state index >= 15 is 0 Å². The smallest absolute Gasteiger partial charge is 0.337 e. The van der Waals surface area contributed by atoms with Crippen LogP contribution in [0.2, 0.25) is 5.02 Å². The van der Waals surface area contributed by atoms with Crippen LogP contribution in [0, 0.1) is 11.3 Å². The largest absolute Gasteiger partial charge is 0.478 e. The van der Waals surface area contributed by atoms with Gasteiger partial charge in [-0.05, 0) is 18.2 Å². The van der Waals surface area contributed by atoms with Crippen molar-refractivity contribution in [3.8, 4) is 17.7 Å². The lowest BCUT2D eigenvalue weighted by molar-refractivity contribution is 0.0696. The van der Waals surface area contributed by atoms with Crippen molar-refractivity contribution in [2.75, 3.05) is 0 Å². The molecule has 0 spiro atoms. The highest BCUT2D eigenvalue weighted by Gasteiger charge is 2.12. The number of hydrogen-bond donors (Lipinski definition) is 1. The minimum Gasteiger partial charge on any atom is -0.478 e. The number of nitrogens with zero attached hydrogens (tertiary/aromatic N) is 3. The van der Waals surface area contributed by atoms with E-state index in [0.717, 1.165) is 0 Å². The van der Waals surface area contributed by atoms with Crippen LogP contribution in [0.15, 0.2) is 30.6 Å². The predicted molar refractivity (Wildman–Crippen MR) is 65.2 cm³/mol. The van der Waals surface area contributed by atoms with Crippen LogP contribution in [-0.4, -0.2) is 21.0 Å². The molecule has 0 amide bonds. The first kappa shape index (κ1) is 12.8. The number of carboxylic acid groups (broad SMARTS) is 1. The highest BCUT2D eigenvalue weighted by Crippen LogP contribution is 2.26. The lowest BCUT2D eigenvalue weighted by Gasteiger charge is -2.06. The minimum atomic E-state index is -1.17. The molecule has 1 N–H and O–H groups in total. The second kappa shape index (κ2) is 5.33. The molecule has 1 aromatic heterocycles.